The highest BCUT2D eigenvalue weighted by Gasteiger charge is 2.43. The number of carbonyl (C=O) groups excluding carboxylic acids is 1. The molecule has 29 heavy (non-hydrogen) atoms. The molecule has 0 spiro atoms. The largest absolute Gasteiger partial charge is 0.491 e. The predicted octanol–water partition coefficient (Wildman–Crippen LogP) is 4.74. The van der Waals surface area contributed by atoms with Crippen LogP contribution in [0.4, 0.5) is 0 Å². The standard InChI is InChI=1S/C24H32N2O3/c1-23(2)15-18(16-24(3,4)26(23)5)25-22(27)21(28-6)13-9-11-19-14-17-10-7-8-12-20(17)29-19/h7-14,18H,15-16H2,1-6H3,(H,25,27). The van der Waals surface area contributed by atoms with Crippen LogP contribution >= 0.6 is 0 Å². The minimum Gasteiger partial charge on any atom is -0.491 e. The van der Waals surface area contributed by atoms with Gasteiger partial charge in [0, 0.05) is 22.5 Å². The minimum absolute atomic E-state index is 0.0117. The van der Waals surface area contributed by atoms with Crippen molar-refractivity contribution in [2.75, 3.05) is 14.2 Å². The van der Waals surface area contributed by atoms with Crippen LogP contribution in [0.5, 0.6) is 0 Å². The first-order valence-electron chi connectivity index (χ1n) is 10.1. The number of benzene rings is 1. The van der Waals surface area contributed by atoms with Crippen LogP contribution in [-0.4, -0.2) is 42.1 Å². The molecule has 0 saturated carbocycles. The second-order valence-electron chi connectivity index (χ2n) is 9.04. The molecule has 5 nitrogen and oxygen atoms in total. The molecule has 1 aliphatic heterocycles. The summed E-state index contributed by atoms with van der Waals surface area (Å²) in [5.41, 5.74) is 0.865. The van der Waals surface area contributed by atoms with Gasteiger partial charge in [-0.25, -0.2) is 0 Å². The van der Waals surface area contributed by atoms with E-state index < -0.39 is 0 Å². The molecule has 1 amide bonds. The zero-order valence-electron chi connectivity index (χ0n) is 18.3. The molecular weight excluding hydrogens is 364 g/mol. The van der Waals surface area contributed by atoms with Crippen molar-refractivity contribution < 1.29 is 13.9 Å². The number of para-hydroxylation sites is 1. The third-order valence-electron chi connectivity index (χ3n) is 6.04. The first kappa shape index (κ1) is 21.2. The summed E-state index contributed by atoms with van der Waals surface area (Å²) in [6.45, 7) is 8.87. The summed E-state index contributed by atoms with van der Waals surface area (Å²) >= 11 is 0. The molecule has 1 saturated heterocycles. The number of ether oxygens (including phenoxy) is 1. The van der Waals surface area contributed by atoms with Crippen LogP contribution in [0.2, 0.25) is 0 Å². The minimum atomic E-state index is -0.192. The maximum absolute atomic E-state index is 12.8. The van der Waals surface area contributed by atoms with Gasteiger partial charge in [-0.3, -0.25) is 9.69 Å². The number of fused-ring (bicyclic) bond motifs is 1. The number of piperidine rings is 1. The number of likely N-dealkylation sites (tertiary alicyclic amines) is 1. The summed E-state index contributed by atoms with van der Waals surface area (Å²) in [6.07, 6.45) is 7.06. The van der Waals surface area contributed by atoms with Crippen molar-refractivity contribution in [1.82, 2.24) is 10.2 Å². The Bertz CT molecular complexity index is 886. The summed E-state index contributed by atoms with van der Waals surface area (Å²) < 4.78 is 11.1. The van der Waals surface area contributed by atoms with Gasteiger partial charge in [-0.1, -0.05) is 24.3 Å². The van der Waals surface area contributed by atoms with Crippen molar-refractivity contribution in [3.05, 3.63) is 54.0 Å². The molecule has 0 unspecified atom stereocenters. The average molecular weight is 397 g/mol. The van der Waals surface area contributed by atoms with Crippen LogP contribution in [0.15, 0.2) is 52.7 Å². The van der Waals surface area contributed by atoms with Crippen molar-refractivity contribution in [3.8, 4) is 0 Å². The first-order valence-corrected chi connectivity index (χ1v) is 10.1. The molecule has 5 heteroatoms. The normalized spacial score (nSPS) is 20.3. The lowest BCUT2D eigenvalue weighted by Gasteiger charge is -2.53. The Hall–Kier alpha value is -2.53. The first-order chi connectivity index (χ1) is 13.6. The maximum atomic E-state index is 12.8. The SMILES string of the molecule is COC(=CC=Cc1cc2ccccc2o1)C(=O)NC1CC(C)(C)N(C)C(C)(C)C1. The Balaban J connectivity index is 1.68. The van der Waals surface area contributed by atoms with E-state index in [1.165, 1.54) is 7.11 Å². The van der Waals surface area contributed by atoms with Gasteiger partial charge < -0.3 is 14.5 Å². The van der Waals surface area contributed by atoms with E-state index in [2.05, 4.69) is 45.0 Å². The molecule has 1 aromatic heterocycles. The zero-order chi connectivity index (χ0) is 21.2. The van der Waals surface area contributed by atoms with Gasteiger partial charge in [0.25, 0.3) is 5.91 Å². The van der Waals surface area contributed by atoms with Gasteiger partial charge in [0.2, 0.25) is 0 Å². The molecule has 0 bridgehead atoms. The molecule has 0 radical (unpaired) electrons. The summed E-state index contributed by atoms with van der Waals surface area (Å²) in [6, 6.07) is 9.92. The number of amides is 1. The van der Waals surface area contributed by atoms with E-state index in [0.29, 0.717) is 0 Å². The van der Waals surface area contributed by atoms with Gasteiger partial charge in [-0.2, -0.15) is 0 Å². The number of furan rings is 1. The summed E-state index contributed by atoms with van der Waals surface area (Å²) in [5, 5.41) is 4.21. The molecule has 1 fully saturated rings. The van der Waals surface area contributed by atoms with E-state index in [1.807, 2.05) is 36.4 Å². The van der Waals surface area contributed by atoms with E-state index in [4.69, 9.17) is 9.15 Å². The van der Waals surface area contributed by atoms with E-state index in [-0.39, 0.29) is 28.8 Å². The van der Waals surface area contributed by atoms with Crippen LogP contribution in [0.25, 0.3) is 17.0 Å². The molecule has 1 aromatic carbocycles. The maximum Gasteiger partial charge on any atom is 0.286 e. The van der Waals surface area contributed by atoms with Crippen LogP contribution in [-0.2, 0) is 9.53 Å². The third kappa shape index (κ3) is 4.73. The molecular formula is C24H32N2O3. The molecule has 0 atom stereocenters. The summed E-state index contributed by atoms with van der Waals surface area (Å²) in [7, 11) is 3.67. The van der Waals surface area contributed by atoms with Gasteiger partial charge in [0.1, 0.15) is 11.3 Å². The van der Waals surface area contributed by atoms with Crippen molar-refractivity contribution >= 4 is 23.0 Å². The van der Waals surface area contributed by atoms with Crippen molar-refractivity contribution in [2.24, 2.45) is 0 Å². The van der Waals surface area contributed by atoms with E-state index >= 15 is 0 Å². The van der Waals surface area contributed by atoms with Crippen LogP contribution in [0.1, 0.15) is 46.3 Å². The van der Waals surface area contributed by atoms with E-state index in [9.17, 15) is 4.79 Å². The Morgan fingerprint density at radius 2 is 1.86 bits per heavy atom. The number of methoxy groups -OCH3 is 1. The molecule has 0 aliphatic carbocycles. The van der Waals surface area contributed by atoms with E-state index in [0.717, 1.165) is 29.6 Å². The molecule has 156 valence electrons. The van der Waals surface area contributed by atoms with Crippen LogP contribution in [0, 0.1) is 0 Å². The molecule has 3 rings (SSSR count). The number of carbonyl (C=O) groups is 1. The van der Waals surface area contributed by atoms with Crippen molar-refractivity contribution in [2.45, 2.75) is 57.7 Å². The highest BCUT2D eigenvalue weighted by molar-refractivity contribution is 5.92. The highest BCUT2D eigenvalue weighted by Crippen LogP contribution is 2.36. The van der Waals surface area contributed by atoms with Crippen molar-refractivity contribution in [3.63, 3.8) is 0 Å². The highest BCUT2D eigenvalue weighted by atomic mass is 16.5. The van der Waals surface area contributed by atoms with E-state index in [1.54, 1.807) is 12.2 Å². The summed E-state index contributed by atoms with van der Waals surface area (Å²) in [4.78, 5) is 15.1. The monoisotopic (exact) mass is 396 g/mol. The van der Waals surface area contributed by atoms with Crippen LogP contribution in [0.3, 0.4) is 0 Å². The Morgan fingerprint density at radius 1 is 1.21 bits per heavy atom. The fourth-order valence-electron chi connectivity index (χ4n) is 4.28. The number of nitrogens with zero attached hydrogens (tertiary/aromatic N) is 1. The second kappa shape index (κ2) is 8.07. The lowest BCUT2D eigenvalue weighted by atomic mass is 9.77. The predicted molar refractivity (Wildman–Crippen MR) is 117 cm³/mol. The van der Waals surface area contributed by atoms with Gasteiger partial charge in [0.15, 0.2) is 5.76 Å². The number of hydrogen-bond acceptors (Lipinski definition) is 4. The molecule has 2 heterocycles. The number of rotatable bonds is 5. The lowest BCUT2D eigenvalue weighted by Crippen LogP contribution is -2.62. The quantitative estimate of drug-likeness (QED) is 0.450. The summed E-state index contributed by atoms with van der Waals surface area (Å²) in [5.74, 6) is 0.826. The van der Waals surface area contributed by atoms with Gasteiger partial charge in [0.05, 0.1) is 7.11 Å². The third-order valence-corrected chi connectivity index (χ3v) is 6.04. The Morgan fingerprint density at radius 3 is 2.48 bits per heavy atom. The van der Waals surface area contributed by atoms with Gasteiger partial charge in [-0.15, -0.1) is 0 Å². The van der Waals surface area contributed by atoms with Gasteiger partial charge >= 0.3 is 0 Å². The lowest BCUT2D eigenvalue weighted by molar-refractivity contribution is -0.122. The van der Waals surface area contributed by atoms with Crippen molar-refractivity contribution in [1.29, 1.82) is 0 Å². The molecule has 2 aromatic rings. The topological polar surface area (TPSA) is 54.7 Å². The Labute approximate surface area is 173 Å². The number of nitrogens with one attached hydrogen (secondary N) is 1. The average Bonchev–Trinajstić information content (AvgIpc) is 3.05. The van der Waals surface area contributed by atoms with Crippen LogP contribution < -0.4 is 5.32 Å². The fraction of sp³-hybridized carbons (Fsp3) is 0.458. The Kier molecular flexibility index (Phi) is 5.90. The second-order valence-corrected chi connectivity index (χ2v) is 9.04. The smallest absolute Gasteiger partial charge is 0.286 e. The number of allylic oxidation sites excluding steroid dienone is 2. The van der Waals surface area contributed by atoms with Gasteiger partial charge in [-0.05, 0) is 71.9 Å². The molecule has 1 aliphatic rings. The zero-order valence-corrected chi connectivity index (χ0v) is 18.3. The molecule has 1 N–H and O–H groups in total. The fourth-order valence-corrected chi connectivity index (χ4v) is 4.28. The number of hydrogen-bond donors (Lipinski definition) is 1.